The minimum atomic E-state index is -0.468. The van der Waals surface area contributed by atoms with Crippen molar-refractivity contribution < 1.29 is 13.7 Å². The van der Waals surface area contributed by atoms with E-state index in [-0.39, 0.29) is 17.4 Å². The zero-order chi connectivity index (χ0) is 19.7. The van der Waals surface area contributed by atoms with Crippen molar-refractivity contribution in [2.75, 3.05) is 0 Å². The van der Waals surface area contributed by atoms with Gasteiger partial charge in [0.15, 0.2) is 0 Å². The van der Waals surface area contributed by atoms with E-state index in [4.69, 9.17) is 16.0 Å². The van der Waals surface area contributed by atoms with Crippen LogP contribution in [0.15, 0.2) is 46.9 Å². The fraction of sp³-hybridized carbons (Fsp3) is 0.263. The average molecular weight is 403 g/mol. The van der Waals surface area contributed by atoms with E-state index in [1.165, 1.54) is 18.2 Å². The topological polar surface area (TPSA) is 85.3 Å². The number of non-ortho nitro benzene ring substituents is 1. The molecule has 1 saturated carbocycles. The zero-order valence-electron chi connectivity index (χ0n) is 14.7. The van der Waals surface area contributed by atoms with Crippen LogP contribution in [0.4, 0.5) is 10.1 Å². The molecule has 0 bridgehead atoms. The van der Waals surface area contributed by atoms with Gasteiger partial charge in [-0.05, 0) is 37.1 Å². The van der Waals surface area contributed by atoms with E-state index in [0.29, 0.717) is 41.2 Å². The van der Waals surface area contributed by atoms with Gasteiger partial charge in [0.25, 0.3) is 5.69 Å². The van der Waals surface area contributed by atoms with Gasteiger partial charge in [0.05, 0.1) is 11.5 Å². The van der Waals surface area contributed by atoms with Crippen LogP contribution in [0.5, 0.6) is 0 Å². The van der Waals surface area contributed by atoms with E-state index in [9.17, 15) is 14.5 Å². The smallest absolute Gasteiger partial charge is 0.269 e. The molecule has 1 heterocycles. The number of nitro groups is 1. The molecule has 7 nitrogen and oxygen atoms in total. The molecule has 0 atom stereocenters. The van der Waals surface area contributed by atoms with Gasteiger partial charge in [-0.1, -0.05) is 17.7 Å². The molecule has 0 radical (unpaired) electrons. The molecule has 0 spiro atoms. The summed E-state index contributed by atoms with van der Waals surface area (Å²) in [7, 11) is 0. The number of rotatable bonds is 7. The lowest BCUT2D eigenvalue weighted by Crippen LogP contribution is -2.26. The number of nitro benzene ring substituents is 1. The van der Waals surface area contributed by atoms with Crippen molar-refractivity contribution in [3.63, 3.8) is 0 Å². The Morgan fingerprint density at radius 1 is 1.18 bits per heavy atom. The molecule has 3 aromatic rings. The number of hydrogen-bond donors (Lipinski definition) is 0. The Morgan fingerprint density at radius 2 is 1.93 bits per heavy atom. The highest BCUT2D eigenvalue weighted by molar-refractivity contribution is 6.31. The molecule has 0 unspecified atom stereocenters. The van der Waals surface area contributed by atoms with Crippen LogP contribution in [-0.4, -0.2) is 26.1 Å². The predicted octanol–water partition coefficient (Wildman–Crippen LogP) is 4.60. The highest BCUT2D eigenvalue weighted by Crippen LogP contribution is 2.32. The van der Waals surface area contributed by atoms with E-state index >= 15 is 0 Å². The van der Waals surface area contributed by atoms with Crippen molar-refractivity contribution in [3.8, 4) is 11.5 Å². The van der Waals surface area contributed by atoms with Crippen molar-refractivity contribution in [1.29, 1.82) is 0 Å². The summed E-state index contributed by atoms with van der Waals surface area (Å²) in [5.74, 6) is 0.340. The summed E-state index contributed by atoms with van der Waals surface area (Å²) in [6.07, 6.45) is 2.05. The summed E-state index contributed by atoms with van der Waals surface area (Å²) < 4.78 is 19.9. The van der Waals surface area contributed by atoms with Gasteiger partial charge < -0.3 is 4.42 Å². The Bertz CT molecular complexity index is 984. The molecule has 1 aliphatic carbocycles. The summed E-state index contributed by atoms with van der Waals surface area (Å²) in [6, 6.07) is 10.9. The average Bonchev–Trinajstić information content (AvgIpc) is 3.42. The molecule has 9 heteroatoms. The second-order valence-corrected chi connectivity index (χ2v) is 7.05. The molecule has 144 valence electrons. The number of benzene rings is 2. The number of halogens is 2. The number of aromatic nitrogens is 2. The zero-order valence-corrected chi connectivity index (χ0v) is 15.5. The van der Waals surface area contributed by atoms with Gasteiger partial charge in [0, 0.05) is 40.9 Å². The fourth-order valence-corrected chi connectivity index (χ4v) is 3.20. The van der Waals surface area contributed by atoms with Gasteiger partial charge in [-0.2, -0.15) is 0 Å². The second-order valence-electron chi connectivity index (χ2n) is 6.64. The van der Waals surface area contributed by atoms with Crippen LogP contribution in [0.2, 0.25) is 5.02 Å². The SMILES string of the molecule is O=[N+]([O-])c1ccc(-c2nnc(CN(Cc3c(F)cccc3Cl)C3CC3)o2)cc1. The summed E-state index contributed by atoms with van der Waals surface area (Å²) in [6.45, 7) is 0.723. The molecule has 1 aliphatic rings. The lowest BCUT2D eigenvalue weighted by Gasteiger charge is -2.21. The Hall–Kier alpha value is -2.84. The molecule has 2 aromatic carbocycles. The van der Waals surface area contributed by atoms with Crippen molar-refractivity contribution >= 4 is 17.3 Å². The fourth-order valence-electron chi connectivity index (χ4n) is 2.97. The second kappa shape index (κ2) is 7.65. The largest absolute Gasteiger partial charge is 0.419 e. The third-order valence-electron chi connectivity index (χ3n) is 4.62. The lowest BCUT2D eigenvalue weighted by molar-refractivity contribution is -0.384. The molecule has 4 rings (SSSR count). The first-order valence-electron chi connectivity index (χ1n) is 8.75. The Balaban J connectivity index is 1.50. The van der Waals surface area contributed by atoms with Crippen LogP contribution in [-0.2, 0) is 13.1 Å². The standard InChI is InChI=1S/C19H16ClFN4O3/c20-16-2-1-3-17(21)15(16)10-24(13-8-9-13)11-18-22-23-19(28-18)12-4-6-14(7-5-12)25(26)27/h1-7,13H,8-11H2. The highest BCUT2D eigenvalue weighted by Gasteiger charge is 2.31. The van der Waals surface area contributed by atoms with Crippen LogP contribution >= 0.6 is 11.6 Å². The molecular weight excluding hydrogens is 387 g/mol. The van der Waals surface area contributed by atoms with Crippen molar-refractivity contribution in [1.82, 2.24) is 15.1 Å². The van der Waals surface area contributed by atoms with Gasteiger partial charge >= 0.3 is 0 Å². The van der Waals surface area contributed by atoms with Gasteiger partial charge in [0.2, 0.25) is 11.8 Å². The van der Waals surface area contributed by atoms with E-state index in [2.05, 4.69) is 15.1 Å². The van der Waals surface area contributed by atoms with E-state index in [0.717, 1.165) is 12.8 Å². The van der Waals surface area contributed by atoms with E-state index < -0.39 is 4.92 Å². The molecule has 0 amide bonds. The molecule has 0 aliphatic heterocycles. The minimum Gasteiger partial charge on any atom is -0.419 e. The monoisotopic (exact) mass is 402 g/mol. The minimum absolute atomic E-state index is 0.00911. The normalized spacial score (nSPS) is 13.8. The Labute approximate surface area is 164 Å². The maximum atomic E-state index is 14.1. The van der Waals surface area contributed by atoms with Crippen molar-refractivity contribution in [2.24, 2.45) is 0 Å². The first-order chi connectivity index (χ1) is 13.5. The predicted molar refractivity (Wildman–Crippen MR) is 100 cm³/mol. The van der Waals surface area contributed by atoms with Gasteiger partial charge in [-0.15, -0.1) is 10.2 Å². The summed E-state index contributed by atoms with van der Waals surface area (Å²) in [5.41, 5.74) is 1.04. The third-order valence-corrected chi connectivity index (χ3v) is 4.97. The van der Waals surface area contributed by atoms with Gasteiger partial charge in [-0.3, -0.25) is 15.0 Å². The maximum Gasteiger partial charge on any atom is 0.269 e. The summed E-state index contributed by atoms with van der Waals surface area (Å²) in [5, 5.41) is 19.2. The van der Waals surface area contributed by atoms with Crippen LogP contribution in [0.25, 0.3) is 11.5 Å². The van der Waals surface area contributed by atoms with Crippen LogP contribution in [0.1, 0.15) is 24.3 Å². The van der Waals surface area contributed by atoms with Crippen molar-refractivity contribution in [2.45, 2.75) is 32.0 Å². The molecule has 28 heavy (non-hydrogen) atoms. The Morgan fingerprint density at radius 3 is 2.57 bits per heavy atom. The molecular formula is C19H16ClFN4O3. The summed E-state index contributed by atoms with van der Waals surface area (Å²) >= 11 is 6.15. The third kappa shape index (κ3) is 4.02. The number of hydrogen-bond acceptors (Lipinski definition) is 6. The quantitative estimate of drug-likeness (QED) is 0.424. The van der Waals surface area contributed by atoms with Crippen LogP contribution in [0, 0.1) is 15.9 Å². The number of nitrogens with zero attached hydrogens (tertiary/aromatic N) is 4. The first-order valence-corrected chi connectivity index (χ1v) is 9.13. The Kier molecular flexibility index (Phi) is 5.06. The maximum absolute atomic E-state index is 14.1. The molecule has 0 N–H and O–H groups in total. The van der Waals surface area contributed by atoms with Crippen LogP contribution in [0.3, 0.4) is 0 Å². The van der Waals surface area contributed by atoms with Gasteiger partial charge in [0.1, 0.15) is 5.82 Å². The van der Waals surface area contributed by atoms with Crippen LogP contribution < -0.4 is 0 Å². The van der Waals surface area contributed by atoms with Crippen molar-refractivity contribution in [3.05, 3.63) is 74.9 Å². The highest BCUT2D eigenvalue weighted by atomic mass is 35.5. The molecule has 1 aromatic heterocycles. The van der Waals surface area contributed by atoms with E-state index in [1.54, 1.807) is 24.3 Å². The molecule has 1 fully saturated rings. The van der Waals surface area contributed by atoms with E-state index in [1.807, 2.05) is 0 Å². The van der Waals surface area contributed by atoms with Gasteiger partial charge in [-0.25, -0.2) is 4.39 Å². The molecule has 0 saturated heterocycles. The lowest BCUT2D eigenvalue weighted by atomic mass is 10.2. The summed E-state index contributed by atoms with van der Waals surface area (Å²) in [4.78, 5) is 12.4. The first kappa shape index (κ1) is 18.5.